The molecule has 0 bridgehead atoms. The number of rotatable bonds is 5. The van der Waals surface area contributed by atoms with Crippen molar-refractivity contribution in [1.29, 1.82) is 0 Å². The van der Waals surface area contributed by atoms with Crippen molar-refractivity contribution in [2.45, 2.75) is 6.54 Å². The molecule has 0 saturated carbocycles. The summed E-state index contributed by atoms with van der Waals surface area (Å²) in [6, 6.07) is 13.9. The van der Waals surface area contributed by atoms with E-state index in [1.54, 1.807) is 12.3 Å². The summed E-state index contributed by atoms with van der Waals surface area (Å²) in [5.74, 6) is 0.554. The molecule has 1 aliphatic heterocycles. The van der Waals surface area contributed by atoms with Crippen LogP contribution in [0, 0.1) is 0 Å². The fourth-order valence-electron chi connectivity index (χ4n) is 3.68. The summed E-state index contributed by atoms with van der Waals surface area (Å²) in [5.41, 5.74) is 4.26. The number of anilines is 1. The molecule has 8 heteroatoms. The average molecular weight is 420 g/mol. The highest BCUT2D eigenvalue weighted by Gasteiger charge is 2.18. The molecule has 1 fully saturated rings. The van der Waals surface area contributed by atoms with Gasteiger partial charge in [0.2, 0.25) is 0 Å². The number of nitrogens with zero attached hydrogens (tertiary/aromatic N) is 3. The van der Waals surface area contributed by atoms with Gasteiger partial charge in [-0.3, -0.25) is 15.0 Å². The molecule has 2 aromatic heterocycles. The standard InChI is InChI=1S/C22H21N5O2S/c28-21(26-22-23-8-13-30-22)17-6-3-7-18-19(17)25-20(24-18)16-5-2-1-4-15(16)14-27-9-11-29-12-10-27/h1-8,13H,9-12,14H2,(H,24,25)(H,23,26,28). The fraction of sp³-hybridized carbons (Fsp3) is 0.227. The molecule has 0 spiro atoms. The number of aromatic amines is 1. The molecule has 0 unspecified atom stereocenters. The summed E-state index contributed by atoms with van der Waals surface area (Å²) in [6.45, 7) is 4.23. The normalized spacial score (nSPS) is 14.8. The first-order valence-corrected chi connectivity index (χ1v) is 10.7. The Morgan fingerprint density at radius 3 is 2.87 bits per heavy atom. The van der Waals surface area contributed by atoms with Crippen LogP contribution in [0.2, 0.25) is 0 Å². The van der Waals surface area contributed by atoms with Gasteiger partial charge in [0.25, 0.3) is 5.91 Å². The number of aromatic nitrogens is 3. The second-order valence-electron chi connectivity index (χ2n) is 7.12. The van der Waals surface area contributed by atoms with Crippen molar-refractivity contribution in [2.75, 3.05) is 31.6 Å². The molecule has 30 heavy (non-hydrogen) atoms. The molecule has 3 heterocycles. The minimum Gasteiger partial charge on any atom is -0.379 e. The summed E-state index contributed by atoms with van der Waals surface area (Å²) in [4.78, 5) is 27.5. The zero-order valence-electron chi connectivity index (χ0n) is 16.3. The third-order valence-corrected chi connectivity index (χ3v) is 5.87. The number of fused-ring (bicyclic) bond motifs is 1. The Morgan fingerprint density at radius 1 is 1.17 bits per heavy atom. The first kappa shape index (κ1) is 18.9. The highest BCUT2D eigenvalue weighted by molar-refractivity contribution is 7.13. The van der Waals surface area contributed by atoms with Gasteiger partial charge in [0, 0.05) is 36.8 Å². The Kier molecular flexibility index (Phi) is 5.27. The largest absolute Gasteiger partial charge is 0.379 e. The predicted octanol–water partition coefficient (Wildman–Crippen LogP) is 3.77. The van der Waals surface area contributed by atoms with Gasteiger partial charge in [-0.05, 0) is 17.7 Å². The minimum absolute atomic E-state index is 0.213. The maximum atomic E-state index is 12.8. The van der Waals surface area contributed by atoms with Gasteiger partial charge in [-0.25, -0.2) is 9.97 Å². The van der Waals surface area contributed by atoms with Crippen LogP contribution in [-0.2, 0) is 11.3 Å². The van der Waals surface area contributed by atoms with Crippen LogP contribution in [0.3, 0.4) is 0 Å². The van der Waals surface area contributed by atoms with Crippen LogP contribution in [0.1, 0.15) is 15.9 Å². The second-order valence-corrected chi connectivity index (χ2v) is 8.02. The van der Waals surface area contributed by atoms with Crippen molar-refractivity contribution < 1.29 is 9.53 Å². The molecule has 152 valence electrons. The van der Waals surface area contributed by atoms with Crippen LogP contribution in [0.4, 0.5) is 5.13 Å². The molecule has 2 N–H and O–H groups in total. The molecule has 1 saturated heterocycles. The third-order valence-electron chi connectivity index (χ3n) is 5.18. The smallest absolute Gasteiger partial charge is 0.259 e. The number of carbonyl (C=O) groups excluding carboxylic acids is 1. The average Bonchev–Trinajstić information content (AvgIpc) is 3.44. The van der Waals surface area contributed by atoms with Gasteiger partial charge < -0.3 is 9.72 Å². The highest BCUT2D eigenvalue weighted by Crippen LogP contribution is 2.27. The Bertz CT molecular complexity index is 1170. The number of thiazole rings is 1. The van der Waals surface area contributed by atoms with Crippen LogP contribution < -0.4 is 5.32 Å². The van der Waals surface area contributed by atoms with Gasteiger partial charge in [-0.15, -0.1) is 11.3 Å². The van der Waals surface area contributed by atoms with E-state index in [-0.39, 0.29) is 5.91 Å². The molecule has 0 aliphatic carbocycles. The quantitative estimate of drug-likeness (QED) is 0.515. The Labute approximate surface area is 177 Å². The fourth-order valence-corrected chi connectivity index (χ4v) is 4.21. The van der Waals surface area contributed by atoms with Gasteiger partial charge >= 0.3 is 0 Å². The Balaban J connectivity index is 1.48. The molecule has 7 nitrogen and oxygen atoms in total. The minimum atomic E-state index is -0.213. The van der Waals surface area contributed by atoms with Crippen LogP contribution >= 0.6 is 11.3 Å². The van der Waals surface area contributed by atoms with Crippen molar-refractivity contribution >= 4 is 33.4 Å². The second kappa shape index (κ2) is 8.35. The van der Waals surface area contributed by atoms with E-state index in [1.165, 1.54) is 16.9 Å². The number of carbonyl (C=O) groups is 1. The molecule has 4 aromatic rings. The number of benzene rings is 2. The summed E-state index contributed by atoms with van der Waals surface area (Å²) in [6.07, 6.45) is 1.67. The molecule has 5 rings (SSSR count). The third kappa shape index (κ3) is 3.85. The molecule has 0 atom stereocenters. The van der Waals surface area contributed by atoms with E-state index in [4.69, 9.17) is 9.72 Å². The maximum Gasteiger partial charge on any atom is 0.259 e. The first-order chi connectivity index (χ1) is 14.8. The predicted molar refractivity (Wildman–Crippen MR) is 118 cm³/mol. The zero-order chi connectivity index (χ0) is 20.3. The lowest BCUT2D eigenvalue weighted by Crippen LogP contribution is -2.35. The van der Waals surface area contributed by atoms with E-state index in [2.05, 4.69) is 38.4 Å². The lowest BCUT2D eigenvalue weighted by molar-refractivity contribution is 0.0342. The zero-order valence-corrected chi connectivity index (χ0v) is 17.1. The van der Waals surface area contributed by atoms with Gasteiger partial charge in [-0.1, -0.05) is 30.3 Å². The van der Waals surface area contributed by atoms with Gasteiger partial charge in [0.1, 0.15) is 11.3 Å². The number of hydrogen-bond acceptors (Lipinski definition) is 6. The first-order valence-electron chi connectivity index (χ1n) is 9.86. The number of ether oxygens (including phenoxy) is 1. The topological polar surface area (TPSA) is 83.1 Å². The van der Waals surface area contributed by atoms with Crippen molar-refractivity contribution in [3.8, 4) is 11.4 Å². The van der Waals surface area contributed by atoms with Crippen LogP contribution in [0.5, 0.6) is 0 Å². The molecular weight excluding hydrogens is 398 g/mol. The number of morpholine rings is 1. The molecule has 1 amide bonds. The van der Waals surface area contributed by atoms with Gasteiger partial charge in [0.15, 0.2) is 5.13 Å². The van der Waals surface area contributed by atoms with Crippen LogP contribution in [-0.4, -0.2) is 52.1 Å². The SMILES string of the molecule is O=C(Nc1nccs1)c1cccc2[nH]c(-c3ccccc3CN3CCOCC3)nc12. The Hall–Kier alpha value is -3.07. The lowest BCUT2D eigenvalue weighted by Gasteiger charge is -2.27. The summed E-state index contributed by atoms with van der Waals surface area (Å²) in [5, 5.41) is 5.24. The van der Waals surface area contributed by atoms with E-state index < -0.39 is 0 Å². The van der Waals surface area contributed by atoms with E-state index in [1.807, 2.05) is 23.6 Å². The van der Waals surface area contributed by atoms with E-state index in [0.717, 1.165) is 49.8 Å². The highest BCUT2D eigenvalue weighted by atomic mass is 32.1. The molecular formula is C22H21N5O2S. The number of nitrogens with one attached hydrogen (secondary N) is 2. The number of imidazole rings is 1. The summed E-state index contributed by atoms with van der Waals surface area (Å²) < 4.78 is 5.46. The van der Waals surface area contributed by atoms with E-state index in [0.29, 0.717) is 16.2 Å². The molecule has 2 aromatic carbocycles. The Morgan fingerprint density at radius 2 is 2.03 bits per heavy atom. The summed E-state index contributed by atoms with van der Waals surface area (Å²) in [7, 11) is 0. The van der Waals surface area contributed by atoms with Crippen molar-refractivity contribution in [1.82, 2.24) is 19.9 Å². The lowest BCUT2D eigenvalue weighted by atomic mass is 10.1. The maximum absolute atomic E-state index is 12.8. The summed E-state index contributed by atoms with van der Waals surface area (Å²) >= 11 is 1.39. The van der Waals surface area contributed by atoms with E-state index in [9.17, 15) is 4.79 Å². The van der Waals surface area contributed by atoms with Crippen molar-refractivity contribution in [2.24, 2.45) is 0 Å². The number of amides is 1. The van der Waals surface area contributed by atoms with Crippen molar-refractivity contribution in [3.63, 3.8) is 0 Å². The number of para-hydroxylation sites is 1. The molecule has 1 aliphatic rings. The van der Waals surface area contributed by atoms with Gasteiger partial charge in [0.05, 0.1) is 24.3 Å². The van der Waals surface area contributed by atoms with E-state index >= 15 is 0 Å². The van der Waals surface area contributed by atoms with Crippen LogP contribution in [0.15, 0.2) is 54.0 Å². The van der Waals surface area contributed by atoms with Crippen LogP contribution in [0.25, 0.3) is 22.4 Å². The molecule has 0 radical (unpaired) electrons. The monoisotopic (exact) mass is 419 g/mol. The number of hydrogen-bond donors (Lipinski definition) is 2. The van der Waals surface area contributed by atoms with Crippen molar-refractivity contribution in [3.05, 3.63) is 65.2 Å². The van der Waals surface area contributed by atoms with Gasteiger partial charge in [-0.2, -0.15) is 0 Å². The number of H-pyrrole nitrogens is 1.